The van der Waals surface area contributed by atoms with E-state index in [-0.39, 0.29) is 0 Å². The molecule has 2 rings (SSSR count). The third-order valence-corrected chi connectivity index (χ3v) is 1.84. The highest BCUT2D eigenvalue weighted by Gasteiger charge is 2.26. The van der Waals surface area contributed by atoms with Crippen molar-refractivity contribution >= 4 is 7.32 Å². The summed E-state index contributed by atoms with van der Waals surface area (Å²) in [7, 11) is -1.50. The first kappa shape index (κ1) is 8.52. The minimum absolute atomic E-state index is 0.476. The number of hydrogen-bond acceptors (Lipinski definition) is 5. The van der Waals surface area contributed by atoms with Crippen molar-refractivity contribution in [1.82, 2.24) is 0 Å². The van der Waals surface area contributed by atoms with Crippen LogP contribution in [0.2, 0.25) is 0 Å². The van der Waals surface area contributed by atoms with Gasteiger partial charge in [-0.2, -0.15) is 0 Å². The normalized spacial score (nSPS) is 12.2. The van der Waals surface area contributed by atoms with E-state index in [2.05, 4.69) is 9.61 Å². The van der Waals surface area contributed by atoms with Gasteiger partial charge in [-0.1, -0.05) is 6.07 Å². The molecule has 0 spiro atoms. The number of rotatable bonds is 4. The van der Waals surface area contributed by atoms with Crippen molar-refractivity contribution in [2.75, 3.05) is 0 Å². The third-order valence-electron chi connectivity index (χ3n) is 1.84. The molecule has 0 unspecified atom stereocenters. The van der Waals surface area contributed by atoms with E-state index in [1.807, 2.05) is 6.07 Å². The van der Waals surface area contributed by atoms with Crippen molar-refractivity contribution in [1.29, 1.82) is 0 Å². The summed E-state index contributed by atoms with van der Waals surface area (Å²) in [5.41, 5.74) is 2.46. The monoisotopic (exact) mass is 182 g/mol. The van der Waals surface area contributed by atoms with Gasteiger partial charge in [0, 0.05) is 0 Å². The first-order chi connectivity index (χ1) is 6.33. The van der Waals surface area contributed by atoms with Gasteiger partial charge in [0.2, 0.25) is 0 Å². The molecule has 0 heterocycles. The van der Waals surface area contributed by atoms with E-state index in [0.29, 0.717) is 5.75 Å². The highest BCUT2D eigenvalue weighted by molar-refractivity contribution is 6.36. The van der Waals surface area contributed by atoms with Crippen molar-refractivity contribution in [2.24, 2.45) is 0 Å². The zero-order chi connectivity index (χ0) is 9.26. The molecule has 6 heteroatoms. The summed E-state index contributed by atoms with van der Waals surface area (Å²) in [5.74, 6) is 0.476. The molecule has 0 radical (unpaired) electrons. The largest absolute Gasteiger partial charge is 0.770 e. The second-order valence-corrected chi connectivity index (χ2v) is 2.72. The second kappa shape index (κ2) is 3.35. The molecule has 0 saturated heterocycles. The molecule has 1 aliphatic carbocycles. The average Bonchev–Trinajstić information content (AvgIpc) is 2.92. The van der Waals surface area contributed by atoms with Gasteiger partial charge in [-0.3, -0.25) is 10.5 Å². The fourth-order valence-electron chi connectivity index (χ4n) is 1.12. The SMILES string of the molecule is OOB(OO)Oc1ccc2c(c1)C2. The van der Waals surface area contributed by atoms with E-state index in [1.54, 1.807) is 12.1 Å². The lowest BCUT2D eigenvalue weighted by molar-refractivity contribution is -0.242. The van der Waals surface area contributed by atoms with E-state index in [1.165, 1.54) is 11.1 Å². The van der Waals surface area contributed by atoms with E-state index >= 15 is 0 Å². The molecule has 2 N–H and O–H groups in total. The molecule has 0 aromatic heterocycles. The van der Waals surface area contributed by atoms with Crippen molar-refractivity contribution in [3.05, 3.63) is 29.3 Å². The Morgan fingerprint density at radius 3 is 2.54 bits per heavy atom. The smallest absolute Gasteiger partial charge is 0.509 e. The molecule has 0 saturated carbocycles. The molecule has 1 aliphatic rings. The fourth-order valence-corrected chi connectivity index (χ4v) is 1.12. The highest BCUT2D eigenvalue weighted by atomic mass is 17.2. The zero-order valence-electron chi connectivity index (χ0n) is 6.64. The molecular formula is C7H7BO5. The molecule has 68 valence electrons. The van der Waals surface area contributed by atoms with Gasteiger partial charge in [0.25, 0.3) is 0 Å². The maximum atomic E-state index is 8.16. The Hall–Kier alpha value is -1.08. The zero-order valence-corrected chi connectivity index (χ0v) is 6.64. The van der Waals surface area contributed by atoms with Gasteiger partial charge in [-0.15, -0.1) is 0 Å². The maximum Gasteiger partial charge on any atom is 0.770 e. The van der Waals surface area contributed by atoms with Crippen LogP contribution < -0.4 is 4.65 Å². The predicted octanol–water partition coefficient (Wildman–Crippen LogP) is 0.934. The molecule has 1 aromatic rings. The summed E-state index contributed by atoms with van der Waals surface area (Å²) >= 11 is 0. The summed E-state index contributed by atoms with van der Waals surface area (Å²) in [6.07, 6.45) is 0.966. The molecule has 1 aromatic carbocycles. The Bertz CT molecular complexity index is 312. The Kier molecular flexibility index (Phi) is 2.20. The number of fused-ring (bicyclic) bond motifs is 1. The Labute approximate surface area is 74.5 Å². The van der Waals surface area contributed by atoms with Gasteiger partial charge < -0.3 is 4.65 Å². The lowest BCUT2D eigenvalue weighted by Crippen LogP contribution is -2.27. The van der Waals surface area contributed by atoms with Crippen LogP contribution in [0.15, 0.2) is 18.2 Å². The van der Waals surface area contributed by atoms with Gasteiger partial charge in [0.05, 0.1) is 0 Å². The number of hydrogen-bond donors (Lipinski definition) is 2. The van der Waals surface area contributed by atoms with Crippen LogP contribution in [0.4, 0.5) is 0 Å². The summed E-state index contributed by atoms with van der Waals surface area (Å²) in [5, 5.41) is 16.3. The van der Waals surface area contributed by atoms with E-state index in [4.69, 9.17) is 15.2 Å². The Balaban J connectivity index is 2.01. The van der Waals surface area contributed by atoms with Gasteiger partial charge in [-0.05, 0) is 29.7 Å². The fraction of sp³-hybridized carbons (Fsp3) is 0.143. The molecule has 0 bridgehead atoms. The standard InChI is InChI=1S/C7H7BO5/c9-12-8(13-10)11-7-2-1-5-3-6(5)4-7/h1-2,4,9-10H,3H2. The Morgan fingerprint density at radius 1 is 1.15 bits per heavy atom. The van der Waals surface area contributed by atoms with E-state index in [0.717, 1.165) is 6.42 Å². The minimum Gasteiger partial charge on any atom is -0.509 e. The topological polar surface area (TPSA) is 68.2 Å². The van der Waals surface area contributed by atoms with E-state index < -0.39 is 7.32 Å². The molecule has 0 fully saturated rings. The van der Waals surface area contributed by atoms with Crippen LogP contribution in [0.3, 0.4) is 0 Å². The molecule has 13 heavy (non-hydrogen) atoms. The van der Waals surface area contributed by atoms with Gasteiger partial charge in [0.15, 0.2) is 0 Å². The second-order valence-electron chi connectivity index (χ2n) is 2.72. The van der Waals surface area contributed by atoms with Crippen LogP contribution in [-0.2, 0) is 16.0 Å². The van der Waals surface area contributed by atoms with Crippen LogP contribution in [0.5, 0.6) is 5.75 Å². The minimum atomic E-state index is -1.50. The quantitative estimate of drug-likeness (QED) is 0.418. The first-order valence-corrected chi connectivity index (χ1v) is 3.72. The predicted molar refractivity (Wildman–Crippen MR) is 43.1 cm³/mol. The Morgan fingerprint density at radius 2 is 1.92 bits per heavy atom. The highest BCUT2D eigenvalue weighted by Crippen LogP contribution is 2.31. The summed E-state index contributed by atoms with van der Waals surface area (Å²) in [6.45, 7) is 0. The van der Waals surface area contributed by atoms with Crippen LogP contribution >= 0.6 is 0 Å². The average molecular weight is 182 g/mol. The van der Waals surface area contributed by atoms with E-state index in [9.17, 15) is 0 Å². The van der Waals surface area contributed by atoms with Crippen molar-refractivity contribution in [2.45, 2.75) is 6.42 Å². The lowest BCUT2D eigenvalue weighted by atomic mass is 10.2. The molecule has 0 aliphatic heterocycles. The van der Waals surface area contributed by atoms with Crippen LogP contribution in [0.1, 0.15) is 11.1 Å². The van der Waals surface area contributed by atoms with Gasteiger partial charge in [-0.25, -0.2) is 9.61 Å². The lowest BCUT2D eigenvalue weighted by Gasteiger charge is -2.06. The molecule has 0 atom stereocenters. The molecule has 0 amide bonds. The van der Waals surface area contributed by atoms with Gasteiger partial charge in [0.1, 0.15) is 5.75 Å². The van der Waals surface area contributed by atoms with Crippen LogP contribution in [0.25, 0.3) is 0 Å². The van der Waals surface area contributed by atoms with Crippen LogP contribution in [0, 0.1) is 0 Å². The maximum absolute atomic E-state index is 8.16. The third kappa shape index (κ3) is 1.81. The summed E-state index contributed by atoms with van der Waals surface area (Å²) < 4.78 is 4.88. The van der Waals surface area contributed by atoms with Gasteiger partial charge >= 0.3 is 7.32 Å². The van der Waals surface area contributed by atoms with Crippen molar-refractivity contribution in [3.63, 3.8) is 0 Å². The summed E-state index contributed by atoms with van der Waals surface area (Å²) in [6, 6.07) is 5.40. The summed E-state index contributed by atoms with van der Waals surface area (Å²) in [4.78, 5) is 7.33. The molecular weight excluding hydrogens is 175 g/mol. The van der Waals surface area contributed by atoms with Crippen molar-refractivity contribution < 1.29 is 24.8 Å². The van der Waals surface area contributed by atoms with Crippen molar-refractivity contribution in [3.8, 4) is 5.75 Å². The first-order valence-electron chi connectivity index (χ1n) is 3.72. The van der Waals surface area contributed by atoms with Crippen LogP contribution in [-0.4, -0.2) is 17.8 Å². The number of benzene rings is 1. The molecule has 5 nitrogen and oxygen atoms in total.